The molecule has 1 fully saturated rings. The molecule has 0 aromatic carbocycles. The van der Waals surface area contributed by atoms with E-state index in [1.54, 1.807) is 6.07 Å². The molecule has 0 radical (unpaired) electrons. The summed E-state index contributed by atoms with van der Waals surface area (Å²) in [5.74, 6) is 0. The average molecular weight is 70.1 g/mol. The molecule has 0 bridgehead atoms. The summed E-state index contributed by atoms with van der Waals surface area (Å²) in [6.07, 6.45) is -0.310. The molecule has 1 rings (SSSR count). The van der Waals surface area contributed by atoms with Crippen molar-refractivity contribution >= 4 is 0 Å². The van der Waals surface area contributed by atoms with E-state index in [1.807, 2.05) is 0 Å². The van der Waals surface area contributed by atoms with Crippen molar-refractivity contribution in [3.05, 3.63) is 0 Å². The van der Waals surface area contributed by atoms with Gasteiger partial charge in [-0.25, -0.2) is 0 Å². The van der Waals surface area contributed by atoms with Crippen molar-refractivity contribution in [1.29, 1.82) is 5.26 Å². The maximum absolute atomic E-state index is 7.77. The zero-order valence-corrected chi connectivity index (χ0v) is 2.43. The Morgan fingerprint density at radius 3 is 2.60 bits per heavy atom. The number of nitrogens with one attached hydrogen (secondary N) is 1. The summed E-state index contributed by atoms with van der Waals surface area (Å²) in [6.45, 7) is 0. The van der Waals surface area contributed by atoms with E-state index in [4.69, 9.17) is 5.26 Å². The van der Waals surface area contributed by atoms with Crippen molar-refractivity contribution in [2.75, 3.05) is 0 Å². The van der Waals surface area contributed by atoms with E-state index in [0.29, 0.717) is 0 Å². The van der Waals surface area contributed by atoms with Gasteiger partial charge < -0.3 is 0 Å². The first-order valence-corrected chi connectivity index (χ1v) is 1.24. The minimum Gasteiger partial charge on any atom is -0.262 e. The number of hydrogen-bond donors (Lipinski definition) is 1. The quantitative estimate of drug-likeness (QED) is 0.386. The predicted molar refractivity (Wildman–Crippen MR) is 13.6 cm³/mol. The Balaban J connectivity index is 2.30. The van der Waals surface area contributed by atoms with E-state index in [-0.39, 0.29) is 6.23 Å². The van der Waals surface area contributed by atoms with Crippen LogP contribution < -0.4 is 5.48 Å². The molecule has 1 saturated heterocycles. The average Bonchev–Trinajstić information content (AvgIpc) is 2.12. The van der Waals surface area contributed by atoms with Gasteiger partial charge >= 0.3 is 0 Å². The fraction of sp³-hybridized carbons (Fsp3) is 0.500. The van der Waals surface area contributed by atoms with Gasteiger partial charge in [-0.1, -0.05) is 0 Å². The molecule has 0 aromatic heterocycles. The standard InChI is InChI=1S/C2H2N2O/c3-1-2-4-5-2/h2,4H. The van der Waals surface area contributed by atoms with Crippen LogP contribution in [0.4, 0.5) is 0 Å². The highest BCUT2D eigenvalue weighted by atomic mass is 16.8. The van der Waals surface area contributed by atoms with E-state index in [1.165, 1.54) is 0 Å². The van der Waals surface area contributed by atoms with Crippen molar-refractivity contribution in [3.8, 4) is 6.07 Å². The summed E-state index contributed by atoms with van der Waals surface area (Å²) in [6, 6.07) is 1.81. The Bertz CT molecular complexity index is 70.2. The van der Waals surface area contributed by atoms with Gasteiger partial charge in [0.2, 0.25) is 6.23 Å². The lowest BCUT2D eigenvalue weighted by Gasteiger charge is -1.44. The van der Waals surface area contributed by atoms with Gasteiger partial charge in [0, 0.05) is 0 Å². The molecule has 3 nitrogen and oxygen atoms in total. The number of rotatable bonds is 0. The summed E-state index contributed by atoms with van der Waals surface area (Å²) in [4.78, 5) is 4.25. The fourth-order valence-electron chi connectivity index (χ4n) is 0.0867. The van der Waals surface area contributed by atoms with Gasteiger partial charge in [0.05, 0.1) is 0 Å². The molecule has 0 saturated carbocycles. The Morgan fingerprint density at radius 2 is 2.60 bits per heavy atom. The molecule has 26 valence electrons. The Kier molecular flexibility index (Phi) is 0.357. The molecule has 5 heavy (non-hydrogen) atoms. The van der Waals surface area contributed by atoms with Gasteiger partial charge in [0.25, 0.3) is 0 Å². The second-order valence-electron chi connectivity index (χ2n) is 0.745. The van der Waals surface area contributed by atoms with Crippen LogP contribution in [0.5, 0.6) is 0 Å². The van der Waals surface area contributed by atoms with Crippen LogP contribution in [0.15, 0.2) is 0 Å². The van der Waals surface area contributed by atoms with Crippen LogP contribution in [0, 0.1) is 11.3 Å². The minimum absolute atomic E-state index is 0.310. The second kappa shape index (κ2) is 0.677. The van der Waals surface area contributed by atoms with Crippen LogP contribution in [0.2, 0.25) is 0 Å². The molecule has 0 spiro atoms. The lowest BCUT2D eigenvalue weighted by atomic mass is 10.7. The number of hydroxylamine groups is 1. The summed E-state index contributed by atoms with van der Waals surface area (Å²) in [7, 11) is 0. The van der Waals surface area contributed by atoms with Crippen LogP contribution in [-0.2, 0) is 4.84 Å². The normalized spacial score (nSPS) is 32.2. The molecule has 1 N–H and O–H groups in total. The van der Waals surface area contributed by atoms with Gasteiger partial charge in [-0.05, 0) is 0 Å². The third kappa shape index (κ3) is 0.349. The van der Waals surface area contributed by atoms with E-state index in [2.05, 4.69) is 10.3 Å². The van der Waals surface area contributed by atoms with E-state index >= 15 is 0 Å². The summed E-state index contributed by atoms with van der Waals surface area (Å²) in [5, 5.41) is 7.77. The molecule has 3 heteroatoms. The zero-order valence-electron chi connectivity index (χ0n) is 2.43. The van der Waals surface area contributed by atoms with Crippen molar-refractivity contribution < 1.29 is 4.84 Å². The SMILES string of the molecule is N#CC1NO1. The Morgan fingerprint density at radius 1 is 2.00 bits per heavy atom. The number of hydrogen-bond acceptors (Lipinski definition) is 3. The highest BCUT2D eigenvalue weighted by Crippen LogP contribution is 1.93. The Hall–Kier alpha value is -0.590. The monoisotopic (exact) mass is 70.0 g/mol. The Labute approximate surface area is 29.1 Å². The highest BCUT2D eigenvalue weighted by molar-refractivity contribution is 4.84. The highest BCUT2D eigenvalue weighted by Gasteiger charge is 2.19. The molecular weight excluding hydrogens is 68.0 g/mol. The third-order valence-electron chi connectivity index (χ3n) is 0.353. The molecule has 1 atom stereocenters. The largest absolute Gasteiger partial charge is 0.262 e. The number of nitriles is 1. The summed E-state index contributed by atoms with van der Waals surface area (Å²) in [5.41, 5.74) is 2.32. The van der Waals surface area contributed by atoms with Crippen LogP contribution in [0.25, 0.3) is 0 Å². The van der Waals surface area contributed by atoms with Crippen molar-refractivity contribution in [2.45, 2.75) is 6.23 Å². The minimum atomic E-state index is -0.310. The smallest absolute Gasteiger partial charge is 0.238 e. The van der Waals surface area contributed by atoms with Gasteiger partial charge in [-0.2, -0.15) is 10.7 Å². The van der Waals surface area contributed by atoms with Gasteiger partial charge in [-0.3, -0.25) is 4.84 Å². The molecule has 0 aromatic rings. The van der Waals surface area contributed by atoms with Gasteiger partial charge in [0.1, 0.15) is 6.07 Å². The van der Waals surface area contributed by atoms with E-state index < -0.39 is 0 Å². The van der Waals surface area contributed by atoms with Gasteiger partial charge in [0.15, 0.2) is 0 Å². The molecular formula is C2H2N2O. The molecule has 1 aliphatic rings. The lowest BCUT2D eigenvalue weighted by molar-refractivity contribution is 0.393. The van der Waals surface area contributed by atoms with Crippen LogP contribution >= 0.6 is 0 Å². The van der Waals surface area contributed by atoms with Crippen LogP contribution in [0.1, 0.15) is 0 Å². The lowest BCUT2D eigenvalue weighted by Crippen LogP contribution is -1.78. The first-order chi connectivity index (χ1) is 2.43. The van der Waals surface area contributed by atoms with Crippen molar-refractivity contribution in [2.24, 2.45) is 0 Å². The van der Waals surface area contributed by atoms with E-state index in [0.717, 1.165) is 0 Å². The van der Waals surface area contributed by atoms with Crippen LogP contribution in [-0.4, -0.2) is 6.23 Å². The summed E-state index contributed by atoms with van der Waals surface area (Å²) < 4.78 is 0. The first kappa shape index (κ1) is 2.64. The topological polar surface area (TPSA) is 58.3 Å². The fourth-order valence-corrected chi connectivity index (χ4v) is 0.0867. The van der Waals surface area contributed by atoms with Crippen LogP contribution in [0.3, 0.4) is 0 Å². The van der Waals surface area contributed by atoms with E-state index in [9.17, 15) is 0 Å². The first-order valence-electron chi connectivity index (χ1n) is 1.24. The zero-order chi connectivity index (χ0) is 3.70. The van der Waals surface area contributed by atoms with Crippen molar-refractivity contribution in [3.63, 3.8) is 0 Å². The molecule has 0 aliphatic carbocycles. The van der Waals surface area contributed by atoms with Gasteiger partial charge in [-0.15, -0.1) is 0 Å². The molecule has 1 unspecified atom stereocenters. The summed E-state index contributed by atoms with van der Waals surface area (Å²) >= 11 is 0. The third-order valence-corrected chi connectivity index (χ3v) is 0.353. The second-order valence-corrected chi connectivity index (χ2v) is 0.745. The molecule has 1 heterocycles. The maximum Gasteiger partial charge on any atom is 0.238 e. The predicted octanol–water partition coefficient (Wildman–Crippen LogP) is -0.629. The van der Waals surface area contributed by atoms with Crippen molar-refractivity contribution in [1.82, 2.24) is 5.48 Å². The maximum atomic E-state index is 7.77. The molecule has 0 amide bonds. The number of nitrogens with zero attached hydrogens (tertiary/aromatic N) is 1. The molecule has 1 aliphatic heterocycles.